The molecule has 1 N–H and O–H groups in total. The Morgan fingerprint density at radius 3 is 2.58 bits per heavy atom. The molecular weight excluding hydrogens is 150 g/mol. The SMILES string of the molecule is CC(=CNC=O)c1ccccc1. The first kappa shape index (κ1) is 8.53. The predicted octanol–water partition coefficient (Wildman–Crippen LogP) is 1.79. The van der Waals surface area contributed by atoms with Gasteiger partial charge in [0.05, 0.1) is 0 Å². The Morgan fingerprint density at radius 2 is 2.00 bits per heavy atom. The third kappa shape index (κ3) is 2.23. The van der Waals surface area contributed by atoms with E-state index in [0.717, 1.165) is 11.1 Å². The lowest BCUT2D eigenvalue weighted by Crippen LogP contribution is -2.00. The fraction of sp³-hybridized carbons (Fsp3) is 0.100. The number of amides is 1. The van der Waals surface area contributed by atoms with E-state index in [0.29, 0.717) is 6.41 Å². The molecular formula is C10H11NO. The highest BCUT2D eigenvalue weighted by molar-refractivity contribution is 5.65. The van der Waals surface area contributed by atoms with Crippen LogP contribution in [0, 0.1) is 0 Å². The maximum atomic E-state index is 9.98. The van der Waals surface area contributed by atoms with E-state index in [9.17, 15) is 4.79 Å². The van der Waals surface area contributed by atoms with Crippen LogP contribution in [0.2, 0.25) is 0 Å². The van der Waals surface area contributed by atoms with Crippen LogP contribution in [-0.4, -0.2) is 6.41 Å². The highest BCUT2D eigenvalue weighted by atomic mass is 16.1. The van der Waals surface area contributed by atoms with Crippen LogP contribution in [0.3, 0.4) is 0 Å². The van der Waals surface area contributed by atoms with Gasteiger partial charge in [0, 0.05) is 6.20 Å². The van der Waals surface area contributed by atoms with Gasteiger partial charge in [-0.2, -0.15) is 0 Å². The van der Waals surface area contributed by atoms with E-state index in [4.69, 9.17) is 0 Å². The molecule has 0 aliphatic heterocycles. The number of nitrogens with one attached hydrogen (secondary N) is 1. The molecule has 2 heteroatoms. The molecule has 2 nitrogen and oxygen atoms in total. The van der Waals surface area contributed by atoms with Gasteiger partial charge >= 0.3 is 0 Å². The molecule has 0 radical (unpaired) electrons. The van der Waals surface area contributed by atoms with Crippen molar-refractivity contribution < 1.29 is 4.79 Å². The second-order valence-electron chi connectivity index (χ2n) is 2.48. The van der Waals surface area contributed by atoms with Crippen molar-refractivity contribution in [3.05, 3.63) is 42.1 Å². The Bertz CT molecular complexity index is 277. The third-order valence-corrected chi connectivity index (χ3v) is 1.60. The van der Waals surface area contributed by atoms with Crippen LogP contribution in [0.4, 0.5) is 0 Å². The Kier molecular flexibility index (Phi) is 3.08. The van der Waals surface area contributed by atoms with E-state index in [1.807, 2.05) is 37.3 Å². The summed E-state index contributed by atoms with van der Waals surface area (Å²) in [5, 5.41) is 2.50. The van der Waals surface area contributed by atoms with E-state index in [2.05, 4.69) is 5.32 Å². The summed E-state index contributed by atoms with van der Waals surface area (Å²) in [5.74, 6) is 0. The molecule has 0 unspecified atom stereocenters. The minimum absolute atomic E-state index is 0.659. The van der Waals surface area contributed by atoms with Crippen molar-refractivity contribution >= 4 is 12.0 Å². The van der Waals surface area contributed by atoms with Gasteiger partial charge in [-0.3, -0.25) is 4.79 Å². The van der Waals surface area contributed by atoms with E-state index in [-0.39, 0.29) is 0 Å². The molecule has 0 atom stereocenters. The lowest BCUT2D eigenvalue weighted by atomic mass is 10.1. The molecule has 1 rings (SSSR count). The first-order valence-corrected chi connectivity index (χ1v) is 3.76. The Hall–Kier alpha value is -1.57. The zero-order valence-electron chi connectivity index (χ0n) is 6.95. The lowest BCUT2D eigenvalue weighted by molar-refractivity contribution is -0.108. The number of rotatable bonds is 3. The van der Waals surface area contributed by atoms with Crippen LogP contribution in [0.1, 0.15) is 12.5 Å². The Labute approximate surface area is 71.9 Å². The fourth-order valence-corrected chi connectivity index (χ4v) is 0.943. The summed E-state index contributed by atoms with van der Waals surface area (Å²) in [6.07, 6.45) is 2.34. The molecule has 0 bridgehead atoms. The molecule has 0 saturated carbocycles. The quantitative estimate of drug-likeness (QED) is 0.673. The summed E-state index contributed by atoms with van der Waals surface area (Å²) in [7, 11) is 0. The highest BCUT2D eigenvalue weighted by Crippen LogP contribution is 2.10. The zero-order valence-corrected chi connectivity index (χ0v) is 6.95. The second kappa shape index (κ2) is 4.34. The standard InChI is InChI=1S/C10H11NO/c1-9(7-11-8-12)10-5-3-2-4-6-10/h2-8H,1H3,(H,11,12). The van der Waals surface area contributed by atoms with E-state index in [1.165, 1.54) is 0 Å². The van der Waals surface area contributed by atoms with Crippen LogP contribution >= 0.6 is 0 Å². The maximum Gasteiger partial charge on any atom is 0.211 e. The van der Waals surface area contributed by atoms with Crippen molar-refractivity contribution in [2.45, 2.75) is 6.92 Å². The molecule has 12 heavy (non-hydrogen) atoms. The minimum atomic E-state index is 0.659. The van der Waals surface area contributed by atoms with E-state index in [1.54, 1.807) is 6.20 Å². The zero-order chi connectivity index (χ0) is 8.81. The molecule has 0 spiro atoms. The number of benzene rings is 1. The number of hydrogen-bond donors (Lipinski definition) is 1. The summed E-state index contributed by atoms with van der Waals surface area (Å²) < 4.78 is 0. The van der Waals surface area contributed by atoms with Gasteiger partial charge in [-0.25, -0.2) is 0 Å². The smallest absolute Gasteiger partial charge is 0.211 e. The molecule has 1 aromatic rings. The van der Waals surface area contributed by atoms with Crippen molar-refractivity contribution in [3.63, 3.8) is 0 Å². The number of carbonyl (C=O) groups is 1. The van der Waals surface area contributed by atoms with Crippen LogP contribution in [0.15, 0.2) is 36.5 Å². The van der Waals surface area contributed by atoms with Gasteiger partial charge in [-0.05, 0) is 18.1 Å². The minimum Gasteiger partial charge on any atom is -0.335 e. The van der Waals surface area contributed by atoms with Crippen LogP contribution < -0.4 is 5.32 Å². The first-order valence-electron chi connectivity index (χ1n) is 3.76. The van der Waals surface area contributed by atoms with Crippen molar-refractivity contribution in [1.29, 1.82) is 0 Å². The molecule has 0 saturated heterocycles. The summed E-state index contributed by atoms with van der Waals surface area (Å²) in [5.41, 5.74) is 2.16. The first-order chi connectivity index (χ1) is 5.84. The molecule has 1 amide bonds. The van der Waals surface area contributed by atoms with E-state index < -0.39 is 0 Å². The molecule has 0 aliphatic rings. The monoisotopic (exact) mass is 161 g/mol. The van der Waals surface area contributed by atoms with Crippen molar-refractivity contribution in [2.75, 3.05) is 0 Å². The van der Waals surface area contributed by atoms with Crippen molar-refractivity contribution in [3.8, 4) is 0 Å². The second-order valence-corrected chi connectivity index (χ2v) is 2.48. The van der Waals surface area contributed by atoms with Gasteiger partial charge in [0.1, 0.15) is 0 Å². The Balaban J connectivity index is 2.77. The van der Waals surface area contributed by atoms with Crippen LogP contribution in [0.5, 0.6) is 0 Å². The number of carbonyl (C=O) groups excluding carboxylic acids is 1. The topological polar surface area (TPSA) is 29.1 Å². The van der Waals surface area contributed by atoms with Crippen molar-refractivity contribution in [2.24, 2.45) is 0 Å². The molecule has 0 heterocycles. The lowest BCUT2D eigenvalue weighted by Gasteiger charge is -1.99. The molecule has 62 valence electrons. The van der Waals surface area contributed by atoms with Gasteiger partial charge in [0.15, 0.2) is 0 Å². The van der Waals surface area contributed by atoms with Gasteiger partial charge in [0.2, 0.25) is 6.41 Å². The summed E-state index contributed by atoms with van der Waals surface area (Å²) >= 11 is 0. The average Bonchev–Trinajstić information content (AvgIpc) is 2.15. The van der Waals surface area contributed by atoms with Gasteiger partial charge in [-0.15, -0.1) is 0 Å². The van der Waals surface area contributed by atoms with Gasteiger partial charge in [-0.1, -0.05) is 30.3 Å². The normalized spacial score (nSPS) is 10.9. The number of allylic oxidation sites excluding steroid dienone is 1. The summed E-state index contributed by atoms with van der Waals surface area (Å²) in [4.78, 5) is 9.98. The number of hydrogen-bond acceptors (Lipinski definition) is 1. The molecule has 0 aromatic heterocycles. The molecule has 1 aromatic carbocycles. The predicted molar refractivity (Wildman–Crippen MR) is 49.3 cm³/mol. The van der Waals surface area contributed by atoms with Crippen LogP contribution in [0.25, 0.3) is 5.57 Å². The van der Waals surface area contributed by atoms with E-state index >= 15 is 0 Å². The largest absolute Gasteiger partial charge is 0.335 e. The van der Waals surface area contributed by atoms with Crippen LogP contribution in [-0.2, 0) is 4.79 Å². The fourth-order valence-electron chi connectivity index (χ4n) is 0.943. The van der Waals surface area contributed by atoms with Crippen molar-refractivity contribution in [1.82, 2.24) is 5.32 Å². The highest BCUT2D eigenvalue weighted by Gasteiger charge is 1.91. The summed E-state index contributed by atoms with van der Waals surface area (Å²) in [6.45, 7) is 1.95. The average molecular weight is 161 g/mol. The van der Waals surface area contributed by atoms with Gasteiger partial charge in [0.25, 0.3) is 0 Å². The van der Waals surface area contributed by atoms with Gasteiger partial charge < -0.3 is 5.32 Å². The summed E-state index contributed by atoms with van der Waals surface area (Å²) in [6, 6.07) is 9.89. The third-order valence-electron chi connectivity index (χ3n) is 1.60. The molecule has 0 fully saturated rings. The molecule has 0 aliphatic carbocycles. The maximum absolute atomic E-state index is 9.98. The Morgan fingerprint density at radius 1 is 1.33 bits per heavy atom.